The lowest BCUT2D eigenvalue weighted by Gasteiger charge is -2.24. The summed E-state index contributed by atoms with van der Waals surface area (Å²) in [5.74, 6) is 0.730. The van der Waals surface area contributed by atoms with Crippen LogP contribution in [0.5, 0.6) is 0 Å². The summed E-state index contributed by atoms with van der Waals surface area (Å²) in [4.78, 5) is 16.7. The molecule has 1 spiro atoms. The molecule has 0 saturated heterocycles. The van der Waals surface area contributed by atoms with E-state index in [1.54, 1.807) is 6.20 Å². The number of allylic oxidation sites excluding steroid dienone is 5. The fourth-order valence-corrected chi connectivity index (χ4v) is 2.78. The van der Waals surface area contributed by atoms with Crippen LogP contribution in [0.2, 0.25) is 0 Å². The SMILES string of the molecule is CNC1=C/C=C/CC2(C\C=C\1)C(=O)Nc1ncccc12. The van der Waals surface area contributed by atoms with Crippen molar-refractivity contribution in [3.05, 3.63) is 60.0 Å². The van der Waals surface area contributed by atoms with Crippen molar-refractivity contribution < 1.29 is 4.79 Å². The number of hydrogen-bond donors (Lipinski definition) is 2. The number of likely N-dealkylation sites (N-methyl/N-ethyl adjacent to an activating group) is 1. The highest BCUT2D eigenvalue weighted by Gasteiger charge is 2.45. The Morgan fingerprint density at radius 3 is 3.05 bits per heavy atom. The smallest absolute Gasteiger partial charge is 0.236 e. The molecular formula is C16H17N3O. The minimum Gasteiger partial charge on any atom is -0.388 e. The minimum atomic E-state index is -0.534. The monoisotopic (exact) mass is 267 g/mol. The molecule has 1 aromatic rings. The molecular weight excluding hydrogens is 250 g/mol. The van der Waals surface area contributed by atoms with Crippen LogP contribution >= 0.6 is 0 Å². The number of pyridine rings is 1. The maximum atomic E-state index is 12.5. The van der Waals surface area contributed by atoms with Gasteiger partial charge >= 0.3 is 0 Å². The lowest BCUT2D eigenvalue weighted by molar-refractivity contribution is -0.120. The molecule has 1 aliphatic carbocycles. The van der Waals surface area contributed by atoms with Crippen molar-refractivity contribution in [2.24, 2.45) is 0 Å². The number of aromatic nitrogens is 1. The Morgan fingerprint density at radius 1 is 1.35 bits per heavy atom. The van der Waals surface area contributed by atoms with Gasteiger partial charge in [-0.3, -0.25) is 4.79 Å². The first-order valence-corrected chi connectivity index (χ1v) is 6.74. The summed E-state index contributed by atoms with van der Waals surface area (Å²) in [6, 6.07) is 3.88. The predicted molar refractivity (Wildman–Crippen MR) is 79.2 cm³/mol. The van der Waals surface area contributed by atoms with E-state index in [0.29, 0.717) is 18.7 Å². The molecule has 1 atom stereocenters. The summed E-state index contributed by atoms with van der Waals surface area (Å²) in [6.07, 6.45) is 13.2. The summed E-state index contributed by atoms with van der Waals surface area (Å²) in [5.41, 5.74) is 1.49. The number of amides is 1. The Labute approximate surface area is 118 Å². The van der Waals surface area contributed by atoms with Gasteiger partial charge in [0.05, 0.1) is 5.41 Å². The van der Waals surface area contributed by atoms with Crippen LogP contribution in [-0.2, 0) is 10.2 Å². The van der Waals surface area contributed by atoms with E-state index in [9.17, 15) is 4.79 Å². The number of hydrogen-bond acceptors (Lipinski definition) is 3. The van der Waals surface area contributed by atoms with Gasteiger partial charge in [0, 0.05) is 24.5 Å². The fourth-order valence-electron chi connectivity index (χ4n) is 2.78. The summed E-state index contributed by atoms with van der Waals surface area (Å²) < 4.78 is 0. The van der Waals surface area contributed by atoms with E-state index in [2.05, 4.69) is 21.7 Å². The Morgan fingerprint density at radius 2 is 2.20 bits per heavy atom. The van der Waals surface area contributed by atoms with Crippen LogP contribution < -0.4 is 10.6 Å². The van der Waals surface area contributed by atoms with Crippen molar-refractivity contribution >= 4 is 11.7 Å². The highest BCUT2D eigenvalue weighted by atomic mass is 16.2. The normalized spacial score (nSPS) is 30.2. The van der Waals surface area contributed by atoms with Gasteiger partial charge in [0.2, 0.25) is 5.91 Å². The predicted octanol–water partition coefficient (Wildman–Crippen LogP) is 2.28. The van der Waals surface area contributed by atoms with Crippen molar-refractivity contribution in [1.29, 1.82) is 0 Å². The Hall–Kier alpha value is -2.36. The molecule has 2 aliphatic rings. The first-order chi connectivity index (χ1) is 9.76. The van der Waals surface area contributed by atoms with Gasteiger partial charge in [0.1, 0.15) is 5.82 Å². The maximum absolute atomic E-state index is 12.5. The summed E-state index contributed by atoms with van der Waals surface area (Å²) in [7, 11) is 1.89. The summed E-state index contributed by atoms with van der Waals surface area (Å²) >= 11 is 0. The first kappa shape index (κ1) is 12.7. The number of carbonyl (C=O) groups is 1. The van der Waals surface area contributed by atoms with Gasteiger partial charge in [-0.2, -0.15) is 0 Å². The van der Waals surface area contributed by atoms with Crippen LogP contribution in [0, 0.1) is 0 Å². The Balaban J connectivity index is 2.03. The molecule has 0 fully saturated rings. The molecule has 4 nitrogen and oxygen atoms in total. The second-order valence-electron chi connectivity index (χ2n) is 5.05. The van der Waals surface area contributed by atoms with Crippen LogP contribution in [-0.4, -0.2) is 17.9 Å². The highest BCUT2D eigenvalue weighted by molar-refractivity contribution is 6.05. The quantitative estimate of drug-likeness (QED) is 0.820. The molecule has 0 radical (unpaired) electrons. The molecule has 0 bridgehead atoms. The molecule has 1 aromatic heterocycles. The molecule has 0 saturated carbocycles. The molecule has 0 aromatic carbocycles. The lowest BCUT2D eigenvalue weighted by Crippen LogP contribution is -2.33. The van der Waals surface area contributed by atoms with Gasteiger partial charge in [-0.25, -0.2) is 4.98 Å². The van der Waals surface area contributed by atoms with Gasteiger partial charge in [0.15, 0.2) is 0 Å². The number of carbonyl (C=O) groups excluding carboxylic acids is 1. The second kappa shape index (κ2) is 4.96. The Bertz CT molecular complexity index is 630. The van der Waals surface area contributed by atoms with Crippen molar-refractivity contribution in [2.45, 2.75) is 18.3 Å². The molecule has 1 aliphatic heterocycles. The lowest BCUT2D eigenvalue weighted by atomic mass is 9.76. The molecule has 2 heterocycles. The van der Waals surface area contributed by atoms with Crippen LogP contribution in [0.1, 0.15) is 18.4 Å². The van der Waals surface area contributed by atoms with Gasteiger partial charge in [-0.1, -0.05) is 24.3 Å². The van der Waals surface area contributed by atoms with E-state index in [1.165, 1.54) is 0 Å². The molecule has 102 valence electrons. The third-order valence-electron chi connectivity index (χ3n) is 3.92. The fraction of sp³-hybridized carbons (Fsp3) is 0.250. The average molecular weight is 267 g/mol. The number of nitrogens with one attached hydrogen (secondary N) is 2. The van der Waals surface area contributed by atoms with Crippen molar-refractivity contribution in [1.82, 2.24) is 10.3 Å². The average Bonchev–Trinajstić information content (AvgIpc) is 2.80. The summed E-state index contributed by atoms with van der Waals surface area (Å²) in [6.45, 7) is 0. The zero-order chi connectivity index (χ0) is 14.0. The van der Waals surface area contributed by atoms with Gasteiger partial charge in [0.25, 0.3) is 0 Å². The van der Waals surface area contributed by atoms with Crippen LogP contribution in [0.3, 0.4) is 0 Å². The topological polar surface area (TPSA) is 54.0 Å². The van der Waals surface area contributed by atoms with Gasteiger partial charge < -0.3 is 10.6 Å². The summed E-state index contributed by atoms with van der Waals surface area (Å²) in [5, 5.41) is 6.02. The van der Waals surface area contributed by atoms with Crippen LogP contribution in [0.15, 0.2) is 54.4 Å². The van der Waals surface area contributed by atoms with Gasteiger partial charge in [-0.05, 0) is 31.1 Å². The molecule has 20 heavy (non-hydrogen) atoms. The van der Waals surface area contributed by atoms with E-state index in [-0.39, 0.29) is 5.91 Å². The number of rotatable bonds is 1. The second-order valence-corrected chi connectivity index (χ2v) is 5.05. The van der Waals surface area contributed by atoms with E-state index >= 15 is 0 Å². The standard InChI is InChI=1S/C16H17N3O/c1-17-12-6-2-3-9-16(10-4-7-12)13-8-5-11-18-14(13)19-15(16)20/h2-8,11,17H,9-10H2,1H3,(H,18,19,20)/b3-2+,7-4+,12-6+. The van der Waals surface area contributed by atoms with Crippen molar-refractivity contribution in [2.75, 3.05) is 12.4 Å². The molecule has 2 N–H and O–H groups in total. The number of fused-ring (bicyclic) bond motifs is 2. The van der Waals surface area contributed by atoms with Gasteiger partial charge in [-0.15, -0.1) is 0 Å². The van der Waals surface area contributed by atoms with Crippen molar-refractivity contribution in [3.8, 4) is 0 Å². The third-order valence-corrected chi connectivity index (χ3v) is 3.92. The third kappa shape index (κ3) is 1.93. The zero-order valence-corrected chi connectivity index (χ0v) is 11.4. The molecule has 1 amide bonds. The Kier molecular flexibility index (Phi) is 3.14. The largest absolute Gasteiger partial charge is 0.388 e. The van der Waals surface area contributed by atoms with Crippen LogP contribution in [0.25, 0.3) is 0 Å². The van der Waals surface area contributed by atoms with Crippen LogP contribution in [0.4, 0.5) is 5.82 Å². The number of anilines is 1. The number of nitrogens with zero attached hydrogens (tertiary/aromatic N) is 1. The van der Waals surface area contributed by atoms with E-state index in [4.69, 9.17) is 0 Å². The maximum Gasteiger partial charge on any atom is 0.236 e. The zero-order valence-electron chi connectivity index (χ0n) is 11.4. The first-order valence-electron chi connectivity index (χ1n) is 6.74. The van der Waals surface area contributed by atoms with E-state index in [0.717, 1.165) is 11.3 Å². The molecule has 1 unspecified atom stereocenters. The molecule has 3 rings (SSSR count). The molecule has 4 heteroatoms. The highest BCUT2D eigenvalue weighted by Crippen LogP contribution is 2.42. The van der Waals surface area contributed by atoms with E-state index < -0.39 is 5.41 Å². The van der Waals surface area contributed by atoms with E-state index in [1.807, 2.05) is 43.5 Å². The van der Waals surface area contributed by atoms with Crippen molar-refractivity contribution in [3.63, 3.8) is 0 Å². The minimum absolute atomic E-state index is 0.0356.